The number of carbonyl (C=O) groups excluding carboxylic acids is 2. The minimum atomic E-state index is -0.485. The average molecular weight is 612 g/mol. The second-order valence-corrected chi connectivity index (χ2v) is 11.5. The monoisotopic (exact) mass is 611 g/mol. The normalized spacial score (nSPS) is 13.4. The smallest absolute Gasteiger partial charge is 0.408 e. The van der Waals surface area contributed by atoms with Crippen LogP contribution >= 0.6 is 0 Å². The third-order valence-electron chi connectivity index (χ3n) is 7.80. The number of urea groups is 1. The van der Waals surface area contributed by atoms with E-state index < -0.39 is 12.1 Å². The molecule has 3 N–H and O–H groups in total. The molecular formula is C35H41N5O5. The SMILES string of the molecule is COc1cc(NC(=O)Nc2cccc(CNC(=O)OC(CCN(CC3CC3)C(C)C)c3ccccc3)c2)ccc1-c1cnco1. The molecule has 0 saturated heterocycles. The zero-order chi connectivity index (χ0) is 31.6. The van der Waals surface area contributed by atoms with Gasteiger partial charge in [-0.15, -0.1) is 0 Å². The quantitative estimate of drug-likeness (QED) is 0.135. The Kier molecular flexibility index (Phi) is 10.7. The van der Waals surface area contributed by atoms with Crippen molar-refractivity contribution in [3.05, 3.63) is 96.5 Å². The number of benzene rings is 3. The van der Waals surface area contributed by atoms with Crippen molar-refractivity contribution in [2.24, 2.45) is 5.92 Å². The maximum Gasteiger partial charge on any atom is 0.408 e. The van der Waals surface area contributed by atoms with Gasteiger partial charge in [-0.25, -0.2) is 14.6 Å². The predicted molar refractivity (Wildman–Crippen MR) is 174 cm³/mol. The third kappa shape index (κ3) is 9.33. The Balaban J connectivity index is 1.14. The van der Waals surface area contributed by atoms with E-state index in [0.717, 1.165) is 35.7 Å². The van der Waals surface area contributed by atoms with Crippen molar-refractivity contribution in [3.63, 3.8) is 0 Å². The zero-order valence-corrected chi connectivity index (χ0v) is 26.0. The largest absolute Gasteiger partial charge is 0.496 e. The van der Waals surface area contributed by atoms with E-state index >= 15 is 0 Å². The Morgan fingerprint density at radius 1 is 1.00 bits per heavy atom. The highest BCUT2D eigenvalue weighted by Gasteiger charge is 2.26. The van der Waals surface area contributed by atoms with Gasteiger partial charge in [0.05, 0.1) is 18.9 Å². The number of oxazole rings is 1. The number of ether oxygens (including phenoxy) is 2. The molecule has 3 amide bonds. The van der Waals surface area contributed by atoms with Crippen molar-refractivity contribution in [2.45, 2.75) is 51.8 Å². The van der Waals surface area contributed by atoms with Crippen molar-refractivity contribution in [1.29, 1.82) is 0 Å². The van der Waals surface area contributed by atoms with Gasteiger partial charge in [0.15, 0.2) is 12.2 Å². The molecule has 1 atom stereocenters. The summed E-state index contributed by atoms with van der Waals surface area (Å²) in [7, 11) is 1.55. The molecule has 1 fully saturated rings. The topological polar surface area (TPSA) is 118 Å². The van der Waals surface area contributed by atoms with Crippen LogP contribution in [0.5, 0.6) is 5.75 Å². The van der Waals surface area contributed by atoms with Crippen LogP contribution in [0.2, 0.25) is 0 Å². The second-order valence-electron chi connectivity index (χ2n) is 11.5. The molecule has 1 saturated carbocycles. The van der Waals surface area contributed by atoms with Crippen molar-refractivity contribution in [3.8, 4) is 17.1 Å². The summed E-state index contributed by atoms with van der Waals surface area (Å²) in [5.41, 5.74) is 3.64. The highest BCUT2D eigenvalue weighted by atomic mass is 16.6. The number of hydrogen-bond donors (Lipinski definition) is 3. The minimum Gasteiger partial charge on any atom is -0.496 e. The van der Waals surface area contributed by atoms with Crippen LogP contribution in [0.3, 0.4) is 0 Å². The molecule has 0 radical (unpaired) electrons. The van der Waals surface area contributed by atoms with Gasteiger partial charge in [0.25, 0.3) is 0 Å². The standard InChI is InChI=1S/C35H41N5O5/c1-24(2)40(22-25-12-13-25)17-16-31(27-9-5-4-6-10-27)45-35(42)37-20-26-8-7-11-28(18-26)38-34(41)39-29-14-15-30(32(19-29)43-3)33-21-36-23-44-33/h4-11,14-15,18-19,21,23-25,31H,12-13,16-17,20,22H2,1-3H3,(H,37,42)(H2,38,39,41). The molecule has 1 aliphatic carbocycles. The van der Waals surface area contributed by atoms with Gasteiger partial charge in [-0.2, -0.15) is 0 Å². The van der Waals surface area contributed by atoms with Gasteiger partial charge in [-0.05, 0) is 68.0 Å². The number of hydrogen-bond acceptors (Lipinski definition) is 7. The molecule has 5 rings (SSSR count). The third-order valence-corrected chi connectivity index (χ3v) is 7.80. The van der Waals surface area contributed by atoms with Crippen molar-refractivity contribution >= 4 is 23.5 Å². The summed E-state index contributed by atoms with van der Waals surface area (Å²) in [4.78, 5) is 32.1. The Labute approximate surface area is 264 Å². The van der Waals surface area contributed by atoms with E-state index in [1.165, 1.54) is 19.2 Å². The van der Waals surface area contributed by atoms with Gasteiger partial charge < -0.3 is 34.7 Å². The number of rotatable bonds is 14. The number of aromatic nitrogens is 1. The fraction of sp³-hybridized carbons (Fsp3) is 0.343. The van der Waals surface area contributed by atoms with E-state index in [-0.39, 0.29) is 12.6 Å². The van der Waals surface area contributed by atoms with Crippen LogP contribution in [0.25, 0.3) is 11.3 Å². The van der Waals surface area contributed by atoms with E-state index in [4.69, 9.17) is 13.9 Å². The van der Waals surface area contributed by atoms with Crippen LogP contribution in [-0.2, 0) is 11.3 Å². The summed E-state index contributed by atoms with van der Waals surface area (Å²) in [6.07, 6.45) is 5.43. The van der Waals surface area contributed by atoms with Gasteiger partial charge in [0.1, 0.15) is 11.9 Å². The highest BCUT2D eigenvalue weighted by molar-refractivity contribution is 6.00. The van der Waals surface area contributed by atoms with Gasteiger partial charge in [0.2, 0.25) is 0 Å². The number of carbonyl (C=O) groups is 2. The maximum absolute atomic E-state index is 12.9. The first-order chi connectivity index (χ1) is 21.9. The molecule has 3 aromatic carbocycles. The fourth-order valence-electron chi connectivity index (χ4n) is 5.16. The second kappa shape index (κ2) is 15.3. The van der Waals surface area contributed by atoms with Crippen molar-refractivity contribution in [1.82, 2.24) is 15.2 Å². The van der Waals surface area contributed by atoms with Crippen LogP contribution < -0.4 is 20.7 Å². The molecule has 1 aromatic heterocycles. The van der Waals surface area contributed by atoms with Gasteiger partial charge >= 0.3 is 12.1 Å². The Morgan fingerprint density at radius 3 is 2.47 bits per heavy atom. The van der Waals surface area contributed by atoms with E-state index in [9.17, 15) is 9.59 Å². The molecule has 236 valence electrons. The molecular weight excluding hydrogens is 570 g/mol. The number of nitrogens with zero attached hydrogens (tertiary/aromatic N) is 2. The molecule has 0 aliphatic heterocycles. The predicted octanol–water partition coefficient (Wildman–Crippen LogP) is 7.47. The van der Waals surface area contributed by atoms with Gasteiger partial charge in [-0.1, -0.05) is 42.5 Å². The number of anilines is 2. The lowest BCUT2D eigenvalue weighted by molar-refractivity contribution is 0.0794. The van der Waals surface area contributed by atoms with E-state index in [0.29, 0.717) is 35.3 Å². The van der Waals surface area contributed by atoms with E-state index in [1.54, 1.807) is 43.6 Å². The van der Waals surface area contributed by atoms with Crippen LogP contribution in [0.4, 0.5) is 21.0 Å². The summed E-state index contributed by atoms with van der Waals surface area (Å²) in [5.74, 6) is 1.90. The number of alkyl carbamates (subject to hydrolysis) is 1. The molecule has 45 heavy (non-hydrogen) atoms. The Morgan fingerprint density at radius 2 is 1.78 bits per heavy atom. The first-order valence-electron chi connectivity index (χ1n) is 15.3. The summed E-state index contributed by atoms with van der Waals surface area (Å²) < 4.78 is 16.8. The van der Waals surface area contributed by atoms with E-state index in [2.05, 4.69) is 39.7 Å². The van der Waals surface area contributed by atoms with Crippen molar-refractivity contribution in [2.75, 3.05) is 30.8 Å². The number of nitrogens with one attached hydrogen (secondary N) is 3. The molecule has 10 nitrogen and oxygen atoms in total. The van der Waals surface area contributed by atoms with Crippen molar-refractivity contribution < 1.29 is 23.5 Å². The summed E-state index contributed by atoms with van der Waals surface area (Å²) in [5, 5.41) is 8.53. The van der Waals surface area contributed by atoms with Crippen LogP contribution in [0.15, 0.2) is 89.8 Å². The maximum atomic E-state index is 12.9. The molecule has 4 aromatic rings. The Bertz CT molecular complexity index is 1540. The van der Waals surface area contributed by atoms with Gasteiger partial charge in [0, 0.05) is 49.5 Å². The number of methoxy groups -OCH3 is 1. The molecule has 1 heterocycles. The summed E-state index contributed by atoms with van der Waals surface area (Å²) in [6.45, 7) is 6.63. The Hall–Kier alpha value is -4.83. The van der Waals surface area contributed by atoms with E-state index in [1.807, 2.05) is 42.5 Å². The van der Waals surface area contributed by atoms with Crippen LogP contribution in [0.1, 0.15) is 50.3 Å². The first kappa shape index (κ1) is 31.6. The first-order valence-corrected chi connectivity index (χ1v) is 15.3. The number of amides is 3. The lowest BCUT2D eigenvalue weighted by atomic mass is 10.1. The molecule has 0 bridgehead atoms. The highest BCUT2D eigenvalue weighted by Crippen LogP contribution is 2.33. The molecule has 10 heteroatoms. The lowest BCUT2D eigenvalue weighted by Gasteiger charge is -2.28. The van der Waals surface area contributed by atoms with Crippen LogP contribution in [-0.4, -0.2) is 48.2 Å². The van der Waals surface area contributed by atoms with Gasteiger partial charge in [-0.3, -0.25) is 0 Å². The van der Waals surface area contributed by atoms with Crippen LogP contribution in [0, 0.1) is 5.92 Å². The molecule has 1 unspecified atom stereocenters. The summed E-state index contributed by atoms with van der Waals surface area (Å²) in [6, 6.07) is 22.4. The fourth-order valence-corrected chi connectivity index (χ4v) is 5.16. The zero-order valence-electron chi connectivity index (χ0n) is 26.0. The molecule has 0 spiro atoms. The summed E-state index contributed by atoms with van der Waals surface area (Å²) >= 11 is 0. The average Bonchev–Trinajstić information content (AvgIpc) is 3.70. The molecule has 1 aliphatic rings. The lowest BCUT2D eigenvalue weighted by Crippen LogP contribution is -2.35. The minimum absolute atomic E-state index is 0.248.